The maximum absolute atomic E-state index is 13.4. The molecule has 0 amide bonds. The van der Waals surface area contributed by atoms with Gasteiger partial charge in [-0.3, -0.25) is 0 Å². The van der Waals surface area contributed by atoms with E-state index in [4.69, 9.17) is 0 Å². The van der Waals surface area contributed by atoms with Gasteiger partial charge in [0.2, 0.25) is 0 Å². The summed E-state index contributed by atoms with van der Waals surface area (Å²) in [7, 11) is 0. The Morgan fingerprint density at radius 3 is 2.21 bits per heavy atom. The lowest BCUT2D eigenvalue weighted by Crippen LogP contribution is -2.15. The summed E-state index contributed by atoms with van der Waals surface area (Å²) in [4.78, 5) is 1.02. The van der Waals surface area contributed by atoms with E-state index >= 15 is 0 Å². The molecule has 0 bridgehead atoms. The summed E-state index contributed by atoms with van der Waals surface area (Å²) in [6.45, 7) is 0. The Morgan fingerprint density at radius 1 is 0.947 bits per heavy atom. The zero-order chi connectivity index (χ0) is 13.7. The molecule has 2 aromatic rings. The van der Waals surface area contributed by atoms with Crippen LogP contribution in [0.15, 0.2) is 53.4 Å². The van der Waals surface area contributed by atoms with Gasteiger partial charge in [-0.1, -0.05) is 24.3 Å². The number of aliphatic hydroxyl groups is 1. The first-order valence-corrected chi connectivity index (χ1v) is 6.94. The van der Waals surface area contributed by atoms with Gasteiger partial charge < -0.3 is 5.11 Å². The maximum Gasteiger partial charge on any atom is 0.129 e. The topological polar surface area (TPSA) is 20.2 Å². The van der Waals surface area contributed by atoms with Gasteiger partial charge in [0.15, 0.2) is 0 Å². The van der Waals surface area contributed by atoms with Crippen LogP contribution in [0, 0.1) is 11.6 Å². The smallest absolute Gasteiger partial charge is 0.129 e. The number of thioether (sulfide) groups is 1. The average Bonchev–Trinajstić information content (AvgIpc) is 2.42. The van der Waals surface area contributed by atoms with Crippen molar-refractivity contribution in [2.45, 2.75) is 17.4 Å². The molecule has 4 heteroatoms. The molecule has 0 saturated carbocycles. The molecule has 0 fully saturated rings. The number of aliphatic hydroxyl groups excluding tert-OH is 1. The fourth-order valence-corrected chi connectivity index (χ4v) is 2.58. The monoisotopic (exact) mass is 280 g/mol. The van der Waals surface area contributed by atoms with Gasteiger partial charge in [0.25, 0.3) is 0 Å². The molecule has 2 rings (SSSR count). The highest BCUT2D eigenvalue weighted by Gasteiger charge is 2.13. The van der Waals surface area contributed by atoms with Crippen LogP contribution in [-0.2, 0) is 6.42 Å². The van der Waals surface area contributed by atoms with Crippen molar-refractivity contribution in [1.82, 2.24) is 0 Å². The van der Waals surface area contributed by atoms with Crippen molar-refractivity contribution in [2.75, 3.05) is 5.75 Å². The Labute approximate surface area is 115 Å². The number of halogens is 2. The van der Waals surface area contributed by atoms with Crippen LogP contribution in [0.5, 0.6) is 0 Å². The van der Waals surface area contributed by atoms with E-state index in [0.29, 0.717) is 5.75 Å². The van der Waals surface area contributed by atoms with Gasteiger partial charge in [0.1, 0.15) is 11.6 Å². The molecular formula is C15H14F2OS. The molecule has 1 N–H and O–H groups in total. The molecule has 0 heterocycles. The molecule has 0 radical (unpaired) electrons. The molecule has 1 unspecified atom stereocenters. The highest BCUT2D eigenvalue weighted by molar-refractivity contribution is 7.99. The third-order valence-electron chi connectivity index (χ3n) is 2.69. The van der Waals surface area contributed by atoms with Crippen molar-refractivity contribution in [2.24, 2.45) is 0 Å². The molecule has 100 valence electrons. The predicted octanol–water partition coefficient (Wildman–Crippen LogP) is 3.66. The van der Waals surface area contributed by atoms with E-state index < -0.39 is 17.7 Å². The molecule has 0 aromatic heterocycles. The third-order valence-corrected chi connectivity index (χ3v) is 3.84. The maximum atomic E-state index is 13.4. The number of benzene rings is 2. The van der Waals surface area contributed by atoms with Gasteiger partial charge in [0.05, 0.1) is 6.10 Å². The Kier molecular flexibility index (Phi) is 4.93. The summed E-state index contributed by atoms with van der Waals surface area (Å²) in [5.41, 5.74) is -0.0522. The lowest BCUT2D eigenvalue weighted by molar-refractivity contribution is 0.197. The first kappa shape index (κ1) is 14.0. The SMILES string of the molecule is OC(CSc1ccccc1)Cc1c(F)cccc1F. The van der Waals surface area contributed by atoms with Gasteiger partial charge >= 0.3 is 0 Å². The van der Waals surface area contributed by atoms with Crippen molar-refractivity contribution in [3.8, 4) is 0 Å². The highest BCUT2D eigenvalue weighted by atomic mass is 32.2. The van der Waals surface area contributed by atoms with E-state index in [-0.39, 0.29) is 12.0 Å². The molecule has 2 aromatic carbocycles. The first-order valence-electron chi connectivity index (χ1n) is 5.95. The molecule has 0 aliphatic rings. The number of hydrogen-bond acceptors (Lipinski definition) is 2. The van der Waals surface area contributed by atoms with Crippen LogP contribution in [0.1, 0.15) is 5.56 Å². The van der Waals surface area contributed by atoms with Crippen LogP contribution < -0.4 is 0 Å². The minimum atomic E-state index is -0.781. The molecular weight excluding hydrogens is 266 g/mol. The first-order chi connectivity index (χ1) is 9.16. The van der Waals surface area contributed by atoms with E-state index in [9.17, 15) is 13.9 Å². The molecule has 0 saturated heterocycles. The molecule has 1 atom stereocenters. The predicted molar refractivity (Wildman–Crippen MR) is 73.2 cm³/mol. The van der Waals surface area contributed by atoms with Crippen molar-refractivity contribution in [3.05, 3.63) is 65.7 Å². The van der Waals surface area contributed by atoms with Crippen LogP contribution in [-0.4, -0.2) is 17.0 Å². The summed E-state index contributed by atoms with van der Waals surface area (Å²) >= 11 is 1.46. The van der Waals surface area contributed by atoms with Crippen LogP contribution in [0.3, 0.4) is 0 Å². The third kappa shape index (κ3) is 4.04. The van der Waals surface area contributed by atoms with E-state index in [2.05, 4.69) is 0 Å². The van der Waals surface area contributed by atoms with Gasteiger partial charge in [-0.25, -0.2) is 8.78 Å². The van der Waals surface area contributed by atoms with Crippen molar-refractivity contribution < 1.29 is 13.9 Å². The van der Waals surface area contributed by atoms with Crippen LogP contribution >= 0.6 is 11.8 Å². The second-order valence-electron chi connectivity index (χ2n) is 4.18. The lowest BCUT2D eigenvalue weighted by Gasteiger charge is -2.11. The van der Waals surface area contributed by atoms with E-state index in [0.717, 1.165) is 4.90 Å². The summed E-state index contributed by atoms with van der Waals surface area (Å²) < 4.78 is 26.8. The molecule has 0 aliphatic heterocycles. The Morgan fingerprint density at radius 2 is 1.58 bits per heavy atom. The average molecular weight is 280 g/mol. The number of hydrogen-bond donors (Lipinski definition) is 1. The summed E-state index contributed by atoms with van der Waals surface area (Å²) in [6, 6.07) is 13.3. The molecule has 0 aliphatic carbocycles. The molecule has 0 spiro atoms. The van der Waals surface area contributed by atoms with E-state index in [1.807, 2.05) is 30.3 Å². The molecule has 19 heavy (non-hydrogen) atoms. The van der Waals surface area contributed by atoms with Gasteiger partial charge in [-0.2, -0.15) is 0 Å². The minimum absolute atomic E-state index is 0.0155. The highest BCUT2D eigenvalue weighted by Crippen LogP contribution is 2.20. The largest absolute Gasteiger partial charge is 0.392 e. The van der Waals surface area contributed by atoms with Crippen molar-refractivity contribution in [1.29, 1.82) is 0 Å². The van der Waals surface area contributed by atoms with Gasteiger partial charge in [-0.05, 0) is 24.3 Å². The Hall–Kier alpha value is -1.39. The minimum Gasteiger partial charge on any atom is -0.392 e. The van der Waals surface area contributed by atoms with Crippen molar-refractivity contribution in [3.63, 3.8) is 0 Å². The number of rotatable bonds is 5. The second-order valence-corrected chi connectivity index (χ2v) is 5.28. The second kappa shape index (κ2) is 6.68. The summed E-state index contributed by atoms with van der Waals surface area (Å²) in [5.74, 6) is -0.815. The molecule has 1 nitrogen and oxygen atoms in total. The Bertz CT molecular complexity index is 511. The van der Waals surface area contributed by atoms with Crippen LogP contribution in [0.25, 0.3) is 0 Å². The summed E-state index contributed by atoms with van der Waals surface area (Å²) in [5, 5.41) is 9.86. The lowest BCUT2D eigenvalue weighted by atomic mass is 10.1. The summed E-state index contributed by atoms with van der Waals surface area (Å²) in [6.07, 6.45) is -0.796. The van der Waals surface area contributed by atoms with Gasteiger partial charge in [-0.15, -0.1) is 11.8 Å². The van der Waals surface area contributed by atoms with Crippen LogP contribution in [0.2, 0.25) is 0 Å². The zero-order valence-corrected chi connectivity index (χ0v) is 11.0. The van der Waals surface area contributed by atoms with E-state index in [1.165, 1.54) is 30.0 Å². The fraction of sp³-hybridized carbons (Fsp3) is 0.200. The normalized spacial score (nSPS) is 12.4. The van der Waals surface area contributed by atoms with Crippen molar-refractivity contribution >= 4 is 11.8 Å². The standard InChI is InChI=1S/C15H14F2OS/c16-14-7-4-8-15(17)13(14)9-11(18)10-19-12-5-2-1-3-6-12/h1-8,11,18H,9-10H2. The fourth-order valence-electron chi connectivity index (χ4n) is 1.73. The van der Waals surface area contributed by atoms with Crippen LogP contribution in [0.4, 0.5) is 8.78 Å². The Balaban J connectivity index is 1.93. The zero-order valence-electron chi connectivity index (χ0n) is 10.2. The van der Waals surface area contributed by atoms with Gasteiger partial charge in [0, 0.05) is 22.6 Å². The quantitative estimate of drug-likeness (QED) is 0.843. The van der Waals surface area contributed by atoms with E-state index in [1.54, 1.807) is 0 Å².